The van der Waals surface area contributed by atoms with Crippen LogP contribution in [0, 0.1) is 12.7 Å². The van der Waals surface area contributed by atoms with Gasteiger partial charge in [-0.2, -0.15) is 0 Å². The lowest BCUT2D eigenvalue weighted by Crippen LogP contribution is -2.30. The summed E-state index contributed by atoms with van der Waals surface area (Å²) in [5.41, 5.74) is 5.40. The highest BCUT2D eigenvalue weighted by molar-refractivity contribution is 9.10. The molecule has 2 rings (SSSR count). The van der Waals surface area contributed by atoms with Gasteiger partial charge >= 0.3 is 0 Å². The fourth-order valence-electron chi connectivity index (χ4n) is 2.10. The molecule has 0 fully saturated rings. The summed E-state index contributed by atoms with van der Waals surface area (Å²) in [4.78, 5) is 0. The summed E-state index contributed by atoms with van der Waals surface area (Å²) in [6.07, 6.45) is 0.421. The number of nitrogens with two attached hydrogens (primary N) is 1. The van der Waals surface area contributed by atoms with Gasteiger partial charge in [0.05, 0.1) is 11.1 Å². The van der Waals surface area contributed by atoms with Gasteiger partial charge in [-0.15, -0.1) is 0 Å². The molecule has 20 heavy (non-hydrogen) atoms. The lowest BCUT2D eigenvalue weighted by atomic mass is 9.98. The van der Waals surface area contributed by atoms with E-state index in [4.69, 9.17) is 17.4 Å². The van der Waals surface area contributed by atoms with E-state index in [1.165, 1.54) is 6.07 Å². The number of rotatable bonds is 4. The fourth-order valence-corrected chi connectivity index (χ4v) is 3.06. The van der Waals surface area contributed by atoms with Crippen LogP contribution in [0.25, 0.3) is 0 Å². The first-order chi connectivity index (χ1) is 9.52. The van der Waals surface area contributed by atoms with Crippen molar-refractivity contribution < 1.29 is 4.39 Å². The molecule has 0 amide bonds. The van der Waals surface area contributed by atoms with Crippen LogP contribution in [-0.2, 0) is 6.42 Å². The predicted molar refractivity (Wildman–Crippen MR) is 84.1 cm³/mol. The minimum absolute atomic E-state index is 0.126. The van der Waals surface area contributed by atoms with Gasteiger partial charge in [-0.1, -0.05) is 51.8 Å². The van der Waals surface area contributed by atoms with Crippen molar-refractivity contribution >= 4 is 27.5 Å². The minimum atomic E-state index is -0.391. The topological polar surface area (TPSA) is 38.0 Å². The zero-order valence-electron chi connectivity index (χ0n) is 11.0. The van der Waals surface area contributed by atoms with Gasteiger partial charge < -0.3 is 0 Å². The SMILES string of the molecule is Cc1ccc(C(Cc2cccc(Cl)c2F)NN)c(Br)c1. The summed E-state index contributed by atoms with van der Waals surface area (Å²) in [5.74, 6) is 5.23. The maximum Gasteiger partial charge on any atom is 0.145 e. The van der Waals surface area contributed by atoms with E-state index in [0.29, 0.717) is 12.0 Å². The molecule has 2 aromatic carbocycles. The molecule has 106 valence electrons. The van der Waals surface area contributed by atoms with Crippen molar-refractivity contribution in [2.75, 3.05) is 0 Å². The van der Waals surface area contributed by atoms with Crippen molar-refractivity contribution in [1.82, 2.24) is 5.43 Å². The van der Waals surface area contributed by atoms with Crippen molar-refractivity contribution in [2.45, 2.75) is 19.4 Å². The first-order valence-electron chi connectivity index (χ1n) is 6.18. The molecule has 0 saturated heterocycles. The molecular formula is C15H15BrClFN2. The molecule has 0 heterocycles. The van der Waals surface area contributed by atoms with Crippen molar-refractivity contribution in [1.29, 1.82) is 0 Å². The minimum Gasteiger partial charge on any atom is -0.271 e. The third-order valence-electron chi connectivity index (χ3n) is 3.19. The maximum atomic E-state index is 14.0. The highest BCUT2D eigenvalue weighted by atomic mass is 79.9. The van der Waals surface area contributed by atoms with Gasteiger partial charge in [0, 0.05) is 4.47 Å². The molecule has 3 N–H and O–H groups in total. The quantitative estimate of drug-likeness (QED) is 0.632. The summed E-state index contributed by atoms with van der Waals surface area (Å²) >= 11 is 9.32. The third kappa shape index (κ3) is 3.38. The van der Waals surface area contributed by atoms with Crippen LogP contribution in [0.4, 0.5) is 4.39 Å². The molecule has 2 aromatic rings. The molecule has 5 heteroatoms. The number of halogens is 3. The predicted octanol–water partition coefficient (Wildman–Crippen LogP) is 4.30. The Balaban J connectivity index is 2.31. The molecule has 0 aliphatic rings. The Hall–Kier alpha value is -0.940. The maximum absolute atomic E-state index is 14.0. The van der Waals surface area contributed by atoms with Crippen LogP contribution in [-0.4, -0.2) is 0 Å². The Labute approximate surface area is 131 Å². The normalized spacial score (nSPS) is 12.4. The summed E-state index contributed by atoms with van der Waals surface area (Å²) < 4.78 is 14.9. The lowest BCUT2D eigenvalue weighted by molar-refractivity contribution is 0.527. The van der Waals surface area contributed by atoms with E-state index in [9.17, 15) is 4.39 Å². The summed E-state index contributed by atoms with van der Waals surface area (Å²) in [5, 5.41) is 0.126. The van der Waals surface area contributed by atoms with E-state index < -0.39 is 5.82 Å². The van der Waals surface area contributed by atoms with Crippen LogP contribution < -0.4 is 11.3 Å². The Morgan fingerprint density at radius 3 is 2.75 bits per heavy atom. The van der Waals surface area contributed by atoms with E-state index >= 15 is 0 Å². The van der Waals surface area contributed by atoms with Crippen molar-refractivity contribution in [3.63, 3.8) is 0 Å². The van der Waals surface area contributed by atoms with Crippen LogP contribution >= 0.6 is 27.5 Å². The van der Waals surface area contributed by atoms with Crippen LogP contribution in [0.5, 0.6) is 0 Å². The Morgan fingerprint density at radius 2 is 2.10 bits per heavy atom. The Morgan fingerprint density at radius 1 is 1.35 bits per heavy atom. The van der Waals surface area contributed by atoms with E-state index in [1.807, 2.05) is 25.1 Å². The highest BCUT2D eigenvalue weighted by Crippen LogP contribution is 2.28. The second-order valence-electron chi connectivity index (χ2n) is 4.66. The van der Waals surface area contributed by atoms with Gasteiger partial charge in [-0.3, -0.25) is 11.3 Å². The molecule has 0 aliphatic heterocycles. The van der Waals surface area contributed by atoms with E-state index in [2.05, 4.69) is 21.4 Å². The van der Waals surface area contributed by atoms with Gasteiger partial charge in [0.2, 0.25) is 0 Å². The number of hydrogen-bond donors (Lipinski definition) is 2. The average Bonchev–Trinajstić information content (AvgIpc) is 2.41. The average molecular weight is 358 g/mol. The fraction of sp³-hybridized carbons (Fsp3) is 0.200. The van der Waals surface area contributed by atoms with Crippen molar-refractivity contribution in [2.24, 2.45) is 5.84 Å². The van der Waals surface area contributed by atoms with Crippen LogP contribution in [0.1, 0.15) is 22.7 Å². The van der Waals surface area contributed by atoms with E-state index in [0.717, 1.165) is 15.6 Å². The Kier molecular flexibility index (Phi) is 5.16. The van der Waals surface area contributed by atoms with Crippen molar-refractivity contribution in [3.8, 4) is 0 Å². The van der Waals surface area contributed by atoms with Crippen LogP contribution in [0.3, 0.4) is 0 Å². The van der Waals surface area contributed by atoms with Crippen LogP contribution in [0.15, 0.2) is 40.9 Å². The monoisotopic (exact) mass is 356 g/mol. The zero-order valence-corrected chi connectivity index (χ0v) is 13.3. The number of aryl methyl sites for hydroxylation is 1. The van der Waals surface area contributed by atoms with Gasteiger partial charge in [0.1, 0.15) is 5.82 Å². The van der Waals surface area contributed by atoms with Gasteiger partial charge in [0.25, 0.3) is 0 Å². The van der Waals surface area contributed by atoms with Crippen molar-refractivity contribution in [3.05, 3.63) is 68.4 Å². The summed E-state index contributed by atoms with van der Waals surface area (Å²) in [6.45, 7) is 2.01. The first-order valence-corrected chi connectivity index (χ1v) is 7.35. The first kappa shape index (κ1) is 15.4. The van der Waals surface area contributed by atoms with Crippen LogP contribution in [0.2, 0.25) is 5.02 Å². The summed E-state index contributed by atoms with van der Waals surface area (Å²) in [7, 11) is 0. The molecule has 0 spiro atoms. The number of hydrazine groups is 1. The Bertz CT molecular complexity index is 619. The smallest absolute Gasteiger partial charge is 0.145 e. The number of benzene rings is 2. The second kappa shape index (κ2) is 6.68. The molecule has 1 atom stereocenters. The molecular weight excluding hydrogens is 343 g/mol. The van der Waals surface area contributed by atoms with Gasteiger partial charge in [-0.05, 0) is 42.2 Å². The summed E-state index contributed by atoms with van der Waals surface area (Å²) in [6, 6.07) is 10.8. The molecule has 0 saturated carbocycles. The number of hydrogen-bond acceptors (Lipinski definition) is 2. The highest BCUT2D eigenvalue weighted by Gasteiger charge is 2.16. The second-order valence-corrected chi connectivity index (χ2v) is 5.92. The standard InChI is InChI=1S/C15H15BrClFN2/c1-9-5-6-11(12(16)7-9)14(20-19)8-10-3-2-4-13(17)15(10)18/h2-7,14,20H,8,19H2,1H3. The van der Waals surface area contributed by atoms with Gasteiger partial charge in [0.15, 0.2) is 0 Å². The molecule has 1 unspecified atom stereocenters. The van der Waals surface area contributed by atoms with E-state index in [-0.39, 0.29) is 11.1 Å². The van der Waals surface area contributed by atoms with Gasteiger partial charge in [-0.25, -0.2) is 4.39 Å². The molecule has 0 bridgehead atoms. The third-order valence-corrected chi connectivity index (χ3v) is 4.17. The molecule has 2 nitrogen and oxygen atoms in total. The molecule has 0 aromatic heterocycles. The largest absolute Gasteiger partial charge is 0.271 e. The molecule has 0 radical (unpaired) electrons. The van der Waals surface area contributed by atoms with E-state index in [1.54, 1.807) is 12.1 Å². The lowest BCUT2D eigenvalue weighted by Gasteiger charge is -2.19. The number of nitrogens with one attached hydrogen (secondary N) is 1. The zero-order chi connectivity index (χ0) is 14.7. The molecule has 0 aliphatic carbocycles.